The van der Waals surface area contributed by atoms with E-state index in [4.69, 9.17) is 11.6 Å². The highest BCUT2D eigenvalue weighted by atomic mass is 35.5. The highest BCUT2D eigenvalue weighted by Gasteiger charge is 2.26. The molecule has 5 heteroatoms. The summed E-state index contributed by atoms with van der Waals surface area (Å²) in [5.74, 6) is 0.132. The molecule has 0 spiro atoms. The monoisotopic (exact) mass is 400 g/mol. The van der Waals surface area contributed by atoms with Gasteiger partial charge in [0.2, 0.25) is 11.8 Å². The molecule has 2 amide bonds. The van der Waals surface area contributed by atoms with Crippen LogP contribution in [0, 0.1) is 12.8 Å². The highest BCUT2D eigenvalue weighted by molar-refractivity contribution is 6.30. The summed E-state index contributed by atoms with van der Waals surface area (Å²) in [5, 5.41) is 3.57. The van der Waals surface area contributed by atoms with Crippen LogP contribution in [0.5, 0.6) is 0 Å². The highest BCUT2D eigenvalue weighted by Crippen LogP contribution is 2.15. The Morgan fingerprint density at radius 3 is 2.32 bits per heavy atom. The summed E-state index contributed by atoms with van der Waals surface area (Å²) >= 11 is 5.94. The Kier molecular flexibility index (Phi) is 8.06. The van der Waals surface area contributed by atoms with Gasteiger partial charge in [-0.25, -0.2) is 0 Å². The van der Waals surface area contributed by atoms with Crippen molar-refractivity contribution >= 4 is 23.4 Å². The van der Waals surface area contributed by atoms with Crippen LogP contribution in [0.1, 0.15) is 37.5 Å². The molecular formula is C23H29ClN2O2. The molecule has 0 aliphatic heterocycles. The molecule has 4 nitrogen and oxygen atoms in total. The van der Waals surface area contributed by atoms with Gasteiger partial charge in [0.05, 0.1) is 6.42 Å². The van der Waals surface area contributed by atoms with E-state index in [9.17, 15) is 9.59 Å². The van der Waals surface area contributed by atoms with Crippen molar-refractivity contribution in [2.75, 3.05) is 6.54 Å². The molecule has 0 bridgehead atoms. The van der Waals surface area contributed by atoms with Gasteiger partial charge in [0, 0.05) is 18.1 Å². The predicted molar refractivity (Wildman–Crippen MR) is 114 cm³/mol. The number of nitrogens with zero attached hydrogens (tertiary/aromatic N) is 1. The summed E-state index contributed by atoms with van der Waals surface area (Å²) in [6, 6.07) is 14.7. The second-order valence-corrected chi connectivity index (χ2v) is 8.07. The van der Waals surface area contributed by atoms with E-state index in [1.807, 2.05) is 57.2 Å². The van der Waals surface area contributed by atoms with E-state index in [2.05, 4.69) is 5.32 Å². The van der Waals surface area contributed by atoms with Crippen LogP contribution in [0.25, 0.3) is 0 Å². The minimum Gasteiger partial charge on any atom is -0.354 e. The molecule has 1 N–H and O–H groups in total. The molecule has 2 aromatic carbocycles. The van der Waals surface area contributed by atoms with Crippen LogP contribution in [0.4, 0.5) is 0 Å². The zero-order valence-corrected chi connectivity index (χ0v) is 17.8. The van der Waals surface area contributed by atoms with Crippen LogP contribution in [0.2, 0.25) is 5.02 Å². The fraction of sp³-hybridized carbons (Fsp3) is 0.391. The number of rotatable bonds is 8. The molecule has 0 aliphatic rings. The number of hydrogen-bond donors (Lipinski definition) is 1. The van der Waals surface area contributed by atoms with E-state index in [0.29, 0.717) is 24.0 Å². The summed E-state index contributed by atoms with van der Waals surface area (Å²) in [4.78, 5) is 27.4. The largest absolute Gasteiger partial charge is 0.354 e. The molecule has 0 saturated carbocycles. The molecule has 0 radical (unpaired) electrons. The lowest BCUT2D eigenvalue weighted by Crippen LogP contribution is -2.48. The average molecular weight is 401 g/mol. The van der Waals surface area contributed by atoms with Crippen LogP contribution < -0.4 is 5.32 Å². The third-order valence-electron chi connectivity index (χ3n) is 4.56. The Balaban J connectivity index is 2.19. The second kappa shape index (κ2) is 10.3. The van der Waals surface area contributed by atoms with Crippen molar-refractivity contribution in [2.45, 2.75) is 46.7 Å². The number of amides is 2. The van der Waals surface area contributed by atoms with Gasteiger partial charge in [-0.3, -0.25) is 9.59 Å². The topological polar surface area (TPSA) is 49.4 Å². The number of aryl methyl sites for hydroxylation is 1. The summed E-state index contributed by atoms with van der Waals surface area (Å²) < 4.78 is 0. The molecular weight excluding hydrogens is 372 g/mol. The van der Waals surface area contributed by atoms with Gasteiger partial charge in [0.15, 0.2) is 0 Å². The van der Waals surface area contributed by atoms with E-state index in [0.717, 1.165) is 16.7 Å². The quantitative estimate of drug-likeness (QED) is 0.714. The standard InChI is InChI=1S/C23H29ClN2O2/c1-16(2)14-25-23(28)18(4)26(15-20-7-5-6-17(3)12-20)22(27)13-19-8-10-21(24)11-9-19/h5-12,16,18H,13-15H2,1-4H3,(H,25,28). The SMILES string of the molecule is Cc1cccc(CN(C(=O)Cc2ccc(Cl)cc2)C(C)C(=O)NCC(C)C)c1. The molecule has 2 aromatic rings. The van der Waals surface area contributed by atoms with Crippen molar-refractivity contribution in [2.24, 2.45) is 5.92 Å². The van der Waals surface area contributed by atoms with Gasteiger partial charge in [-0.2, -0.15) is 0 Å². The summed E-state index contributed by atoms with van der Waals surface area (Å²) in [6.07, 6.45) is 0.227. The fourth-order valence-electron chi connectivity index (χ4n) is 2.92. The minimum absolute atomic E-state index is 0.0870. The molecule has 0 aliphatic carbocycles. The lowest BCUT2D eigenvalue weighted by atomic mass is 10.1. The summed E-state index contributed by atoms with van der Waals surface area (Å²) in [6.45, 7) is 8.87. The van der Waals surface area contributed by atoms with Crippen LogP contribution in [-0.4, -0.2) is 29.3 Å². The molecule has 0 fully saturated rings. The van der Waals surface area contributed by atoms with Crippen LogP contribution >= 0.6 is 11.6 Å². The molecule has 2 rings (SSSR count). The molecule has 150 valence electrons. The maximum atomic E-state index is 13.1. The van der Waals surface area contributed by atoms with Gasteiger partial charge in [-0.15, -0.1) is 0 Å². The average Bonchev–Trinajstić information content (AvgIpc) is 2.65. The molecule has 1 atom stereocenters. The zero-order chi connectivity index (χ0) is 20.7. The summed E-state index contributed by atoms with van der Waals surface area (Å²) in [7, 11) is 0. The van der Waals surface area contributed by atoms with Gasteiger partial charge in [-0.1, -0.05) is 67.4 Å². The first kappa shape index (κ1) is 22.0. The molecule has 28 heavy (non-hydrogen) atoms. The third kappa shape index (κ3) is 6.68. The van der Waals surface area contributed by atoms with Crippen molar-refractivity contribution in [3.05, 3.63) is 70.2 Å². The van der Waals surface area contributed by atoms with Gasteiger partial charge in [-0.05, 0) is 43.0 Å². The van der Waals surface area contributed by atoms with E-state index >= 15 is 0 Å². The Labute approximate surface area is 172 Å². The Morgan fingerprint density at radius 1 is 1.04 bits per heavy atom. The van der Waals surface area contributed by atoms with Crippen molar-refractivity contribution < 1.29 is 9.59 Å². The maximum Gasteiger partial charge on any atom is 0.242 e. The van der Waals surface area contributed by atoms with Gasteiger partial charge < -0.3 is 10.2 Å². The van der Waals surface area contributed by atoms with Gasteiger partial charge in [0.1, 0.15) is 6.04 Å². The Hall–Kier alpha value is -2.33. The number of hydrogen-bond acceptors (Lipinski definition) is 2. The lowest BCUT2D eigenvalue weighted by Gasteiger charge is -2.29. The van der Waals surface area contributed by atoms with Crippen molar-refractivity contribution in [1.82, 2.24) is 10.2 Å². The normalized spacial score (nSPS) is 11.9. The summed E-state index contributed by atoms with van der Waals surface area (Å²) in [5.41, 5.74) is 3.01. The number of carbonyl (C=O) groups excluding carboxylic acids is 2. The fourth-order valence-corrected chi connectivity index (χ4v) is 3.05. The molecule has 0 saturated heterocycles. The lowest BCUT2D eigenvalue weighted by molar-refractivity contribution is -0.140. The van der Waals surface area contributed by atoms with Gasteiger partial charge >= 0.3 is 0 Å². The van der Waals surface area contributed by atoms with Crippen LogP contribution in [0.3, 0.4) is 0 Å². The van der Waals surface area contributed by atoms with Crippen LogP contribution in [-0.2, 0) is 22.6 Å². The van der Waals surface area contributed by atoms with E-state index in [1.54, 1.807) is 24.0 Å². The molecule has 0 aromatic heterocycles. The smallest absolute Gasteiger partial charge is 0.242 e. The van der Waals surface area contributed by atoms with Crippen molar-refractivity contribution in [1.29, 1.82) is 0 Å². The van der Waals surface area contributed by atoms with E-state index in [1.165, 1.54) is 0 Å². The predicted octanol–water partition coefficient (Wildman–Crippen LogP) is 4.38. The van der Waals surface area contributed by atoms with E-state index < -0.39 is 6.04 Å². The number of nitrogens with one attached hydrogen (secondary N) is 1. The molecule has 1 unspecified atom stereocenters. The van der Waals surface area contributed by atoms with Gasteiger partial charge in [0.25, 0.3) is 0 Å². The second-order valence-electron chi connectivity index (χ2n) is 7.63. The minimum atomic E-state index is -0.556. The Bertz CT molecular complexity index is 803. The third-order valence-corrected chi connectivity index (χ3v) is 4.81. The van der Waals surface area contributed by atoms with Crippen molar-refractivity contribution in [3.8, 4) is 0 Å². The first-order valence-electron chi connectivity index (χ1n) is 9.63. The number of benzene rings is 2. The first-order valence-corrected chi connectivity index (χ1v) is 10.0. The molecule has 0 heterocycles. The number of halogens is 1. The van der Waals surface area contributed by atoms with Crippen molar-refractivity contribution in [3.63, 3.8) is 0 Å². The maximum absolute atomic E-state index is 13.1. The first-order chi connectivity index (χ1) is 13.3. The number of carbonyl (C=O) groups is 2. The van der Waals surface area contributed by atoms with E-state index in [-0.39, 0.29) is 18.2 Å². The Morgan fingerprint density at radius 2 is 1.71 bits per heavy atom. The zero-order valence-electron chi connectivity index (χ0n) is 17.0. The van der Waals surface area contributed by atoms with Crippen LogP contribution in [0.15, 0.2) is 48.5 Å².